The maximum atomic E-state index is 13.8. The molecular weight excluding hydrogens is 345 g/mol. The number of hydrogen-bond donors (Lipinski definition) is 1. The average Bonchev–Trinajstić information content (AvgIpc) is 2.69. The van der Waals surface area contributed by atoms with Crippen molar-refractivity contribution in [1.82, 2.24) is 5.43 Å². The molecule has 0 unspecified atom stereocenters. The maximum absolute atomic E-state index is 13.8. The van der Waals surface area contributed by atoms with Crippen LogP contribution in [-0.2, 0) is 0 Å². The fourth-order valence-electron chi connectivity index (χ4n) is 2.28. The Kier molecular flexibility index (Phi) is 5.55. The highest BCUT2D eigenvalue weighted by Gasteiger charge is 2.11. The predicted octanol–water partition coefficient (Wildman–Crippen LogP) is 4.25. The van der Waals surface area contributed by atoms with E-state index in [0.717, 1.165) is 6.07 Å². The van der Waals surface area contributed by atoms with Crippen LogP contribution in [0.25, 0.3) is 0 Å². The van der Waals surface area contributed by atoms with Crippen LogP contribution >= 0.6 is 0 Å². The van der Waals surface area contributed by atoms with Crippen molar-refractivity contribution in [3.05, 3.63) is 95.3 Å². The number of carbonyl (C=O) groups excluding carboxylic acids is 1. The number of rotatable bonds is 5. The first-order valence-electron chi connectivity index (χ1n) is 8.02. The molecule has 132 valence electrons. The second kappa shape index (κ2) is 8.41. The van der Waals surface area contributed by atoms with Gasteiger partial charge in [0.15, 0.2) is 0 Å². The number of carbonyl (C=O) groups is 1. The van der Waals surface area contributed by atoms with E-state index in [9.17, 15) is 9.18 Å². The molecule has 0 atom stereocenters. The highest BCUT2D eigenvalue weighted by Crippen LogP contribution is 2.21. The first-order chi connectivity index (χ1) is 13.2. The summed E-state index contributed by atoms with van der Waals surface area (Å²) in [6, 6.07) is 21.9. The van der Waals surface area contributed by atoms with E-state index >= 15 is 0 Å². The molecule has 0 aliphatic heterocycles. The number of nitrogens with zero attached hydrogens (tertiary/aromatic N) is 2. The van der Waals surface area contributed by atoms with E-state index in [1.807, 2.05) is 36.4 Å². The van der Waals surface area contributed by atoms with E-state index in [1.54, 1.807) is 24.3 Å². The molecule has 0 aromatic heterocycles. The molecule has 1 N–H and O–H groups in total. The molecule has 3 aromatic rings. The Bertz CT molecular complexity index is 1030. The summed E-state index contributed by atoms with van der Waals surface area (Å²) in [6.07, 6.45) is 1.43. The van der Waals surface area contributed by atoms with Gasteiger partial charge in [-0.1, -0.05) is 30.3 Å². The summed E-state index contributed by atoms with van der Waals surface area (Å²) >= 11 is 0. The zero-order valence-corrected chi connectivity index (χ0v) is 14.1. The molecule has 0 saturated heterocycles. The maximum Gasteiger partial charge on any atom is 0.274 e. The van der Waals surface area contributed by atoms with Gasteiger partial charge in [0.05, 0.1) is 23.4 Å². The Morgan fingerprint density at radius 2 is 1.81 bits per heavy atom. The number of ether oxygens (including phenoxy) is 1. The Labute approximate surface area is 155 Å². The molecule has 0 radical (unpaired) electrons. The van der Waals surface area contributed by atoms with Crippen molar-refractivity contribution >= 4 is 12.1 Å². The first kappa shape index (κ1) is 17.8. The second-order valence-corrected chi connectivity index (χ2v) is 5.49. The van der Waals surface area contributed by atoms with E-state index in [2.05, 4.69) is 10.5 Å². The molecule has 5 nitrogen and oxygen atoms in total. The zero-order valence-electron chi connectivity index (χ0n) is 14.1. The van der Waals surface area contributed by atoms with Gasteiger partial charge in [0, 0.05) is 0 Å². The van der Waals surface area contributed by atoms with Gasteiger partial charge >= 0.3 is 0 Å². The number of para-hydroxylation sites is 1. The van der Waals surface area contributed by atoms with Crippen LogP contribution < -0.4 is 10.2 Å². The van der Waals surface area contributed by atoms with E-state index in [1.165, 1.54) is 18.3 Å². The number of hydrazone groups is 1. The second-order valence-electron chi connectivity index (χ2n) is 5.49. The smallest absolute Gasteiger partial charge is 0.274 e. The standard InChI is InChI=1S/C21H14FN3O2/c22-20-12-15(13-23)9-10-19(20)21(26)25-24-14-16-5-4-8-18(11-16)27-17-6-2-1-3-7-17/h1-12,14H,(H,25,26). The molecule has 0 fully saturated rings. The summed E-state index contributed by atoms with van der Waals surface area (Å²) < 4.78 is 19.5. The quantitative estimate of drug-likeness (QED) is 0.546. The molecule has 0 heterocycles. The molecule has 3 rings (SSSR count). The van der Waals surface area contributed by atoms with Crippen molar-refractivity contribution in [3.63, 3.8) is 0 Å². The fourth-order valence-corrected chi connectivity index (χ4v) is 2.28. The summed E-state index contributed by atoms with van der Waals surface area (Å²) in [6.45, 7) is 0. The molecule has 0 bridgehead atoms. The van der Waals surface area contributed by atoms with Gasteiger partial charge in [-0.05, 0) is 48.0 Å². The van der Waals surface area contributed by atoms with Crippen molar-refractivity contribution in [1.29, 1.82) is 5.26 Å². The van der Waals surface area contributed by atoms with E-state index in [4.69, 9.17) is 10.00 Å². The summed E-state index contributed by atoms with van der Waals surface area (Å²) in [7, 11) is 0. The van der Waals surface area contributed by atoms with Gasteiger partial charge in [-0.3, -0.25) is 4.79 Å². The molecule has 0 spiro atoms. The molecule has 0 aliphatic carbocycles. The van der Waals surface area contributed by atoms with Crippen LogP contribution in [0, 0.1) is 17.1 Å². The summed E-state index contributed by atoms with van der Waals surface area (Å²) in [5.41, 5.74) is 2.91. The van der Waals surface area contributed by atoms with Crippen LogP contribution in [0.15, 0.2) is 77.9 Å². The third-order valence-corrected chi connectivity index (χ3v) is 3.56. The van der Waals surface area contributed by atoms with Crippen LogP contribution in [0.4, 0.5) is 4.39 Å². The van der Waals surface area contributed by atoms with Gasteiger partial charge in [-0.15, -0.1) is 0 Å². The van der Waals surface area contributed by atoms with Crippen LogP contribution in [0.2, 0.25) is 0 Å². The topological polar surface area (TPSA) is 74.5 Å². The van der Waals surface area contributed by atoms with Gasteiger partial charge in [-0.2, -0.15) is 10.4 Å². The van der Waals surface area contributed by atoms with Crippen molar-refractivity contribution in [2.24, 2.45) is 5.10 Å². The third kappa shape index (κ3) is 4.77. The highest BCUT2D eigenvalue weighted by atomic mass is 19.1. The molecular formula is C21H14FN3O2. The lowest BCUT2D eigenvalue weighted by Gasteiger charge is -2.06. The van der Waals surface area contributed by atoms with Crippen molar-refractivity contribution in [3.8, 4) is 17.6 Å². The van der Waals surface area contributed by atoms with Crippen molar-refractivity contribution in [2.45, 2.75) is 0 Å². The molecule has 1 amide bonds. The number of halogens is 1. The Balaban J connectivity index is 1.65. The van der Waals surface area contributed by atoms with Gasteiger partial charge < -0.3 is 4.74 Å². The predicted molar refractivity (Wildman–Crippen MR) is 99.1 cm³/mol. The molecule has 27 heavy (non-hydrogen) atoms. The molecule has 0 aliphatic rings. The van der Waals surface area contributed by atoms with Crippen LogP contribution in [0.1, 0.15) is 21.5 Å². The summed E-state index contributed by atoms with van der Waals surface area (Å²) in [5.74, 6) is -0.157. The zero-order chi connectivity index (χ0) is 19.1. The minimum Gasteiger partial charge on any atom is -0.457 e. The highest BCUT2D eigenvalue weighted by molar-refractivity contribution is 5.95. The largest absolute Gasteiger partial charge is 0.457 e. The fraction of sp³-hybridized carbons (Fsp3) is 0. The number of benzene rings is 3. The SMILES string of the molecule is N#Cc1ccc(C(=O)NN=Cc2cccc(Oc3ccccc3)c2)c(F)c1. The van der Waals surface area contributed by atoms with Gasteiger partial charge in [0.2, 0.25) is 0 Å². The Morgan fingerprint density at radius 1 is 1.04 bits per heavy atom. The summed E-state index contributed by atoms with van der Waals surface area (Å²) in [5, 5.41) is 12.6. The van der Waals surface area contributed by atoms with Gasteiger partial charge in [0.1, 0.15) is 17.3 Å². The first-order valence-corrected chi connectivity index (χ1v) is 8.02. The van der Waals surface area contributed by atoms with E-state index in [0.29, 0.717) is 17.1 Å². The molecule has 3 aromatic carbocycles. The Hall–Kier alpha value is -3.98. The lowest BCUT2D eigenvalue weighted by atomic mass is 10.1. The molecule has 0 saturated carbocycles. The lowest BCUT2D eigenvalue weighted by molar-refractivity contribution is 0.0951. The Morgan fingerprint density at radius 3 is 2.56 bits per heavy atom. The molecule has 6 heteroatoms. The number of hydrogen-bond acceptors (Lipinski definition) is 4. The number of nitrogens with one attached hydrogen (secondary N) is 1. The van der Waals surface area contributed by atoms with Crippen LogP contribution in [0.3, 0.4) is 0 Å². The van der Waals surface area contributed by atoms with Crippen molar-refractivity contribution in [2.75, 3.05) is 0 Å². The number of nitriles is 1. The minimum atomic E-state index is -0.778. The normalized spacial score (nSPS) is 10.4. The summed E-state index contributed by atoms with van der Waals surface area (Å²) in [4.78, 5) is 12.0. The minimum absolute atomic E-state index is 0.141. The lowest BCUT2D eigenvalue weighted by Crippen LogP contribution is -2.19. The van der Waals surface area contributed by atoms with Gasteiger partial charge in [0.25, 0.3) is 5.91 Å². The third-order valence-electron chi connectivity index (χ3n) is 3.56. The van der Waals surface area contributed by atoms with Crippen LogP contribution in [-0.4, -0.2) is 12.1 Å². The van der Waals surface area contributed by atoms with E-state index < -0.39 is 11.7 Å². The van der Waals surface area contributed by atoms with E-state index in [-0.39, 0.29) is 11.1 Å². The monoisotopic (exact) mass is 359 g/mol. The van der Waals surface area contributed by atoms with Gasteiger partial charge in [-0.25, -0.2) is 9.82 Å². The van der Waals surface area contributed by atoms with Crippen LogP contribution in [0.5, 0.6) is 11.5 Å². The van der Waals surface area contributed by atoms with Crippen molar-refractivity contribution < 1.29 is 13.9 Å². The number of amides is 1. The average molecular weight is 359 g/mol.